The monoisotopic (exact) mass is 287 g/mol. The van der Waals surface area contributed by atoms with E-state index in [0.29, 0.717) is 24.5 Å². The first-order valence-electron chi connectivity index (χ1n) is 7.04. The van der Waals surface area contributed by atoms with Crippen LogP contribution in [0.2, 0.25) is 0 Å². The van der Waals surface area contributed by atoms with E-state index in [1.807, 2.05) is 24.3 Å². The van der Waals surface area contributed by atoms with Crippen LogP contribution >= 0.6 is 0 Å². The lowest BCUT2D eigenvalue weighted by molar-refractivity contribution is 0.247. The van der Waals surface area contributed by atoms with Crippen molar-refractivity contribution in [2.45, 2.75) is 18.9 Å². The van der Waals surface area contributed by atoms with E-state index in [1.165, 1.54) is 6.07 Å². The van der Waals surface area contributed by atoms with Gasteiger partial charge in [0.1, 0.15) is 17.3 Å². The number of rotatable bonds is 4. The van der Waals surface area contributed by atoms with E-state index in [-0.39, 0.29) is 17.8 Å². The number of benzene rings is 2. The maximum atomic E-state index is 13.9. The minimum absolute atomic E-state index is 0.178. The molecule has 0 amide bonds. The lowest BCUT2D eigenvalue weighted by Gasteiger charge is -2.13. The topological polar surface area (TPSA) is 44.5 Å². The van der Waals surface area contributed by atoms with Crippen LogP contribution in [0.3, 0.4) is 0 Å². The highest BCUT2D eigenvalue weighted by molar-refractivity contribution is 5.40. The van der Waals surface area contributed by atoms with Crippen molar-refractivity contribution >= 4 is 0 Å². The van der Waals surface area contributed by atoms with Crippen molar-refractivity contribution < 1.29 is 13.9 Å². The molecule has 0 aromatic heterocycles. The Labute approximate surface area is 123 Å². The first-order chi connectivity index (χ1) is 10.1. The third-order valence-corrected chi connectivity index (χ3v) is 3.71. The van der Waals surface area contributed by atoms with Crippen molar-refractivity contribution in [1.29, 1.82) is 0 Å². The van der Waals surface area contributed by atoms with Gasteiger partial charge in [0.15, 0.2) is 0 Å². The Bertz CT molecular complexity index is 642. The zero-order valence-corrected chi connectivity index (χ0v) is 11.9. The number of nitrogens with two attached hydrogens (primary N) is 1. The van der Waals surface area contributed by atoms with Crippen molar-refractivity contribution in [2.75, 3.05) is 13.2 Å². The van der Waals surface area contributed by atoms with Crippen LogP contribution < -0.4 is 15.2 Å². The van der Waals surface area contributed by atoms with Crippen LogP contribution in [0, 0.1) is 5.82 Å². The normalized spacial score (nSPS) is 18.0. The van der Waals surface area contributed by atoms with Crippen LogP contribution in [0.15, 0.2) is 42.5 Å². The van der Waals surface area contributed by atoms with E-state index in [1.54, 1.807) is 19.1 Å². The average Bonchev–Trinajstić information content (AvgIpc) is 2.88. The first kappa shape index (κ1) is 13.9. The van der Waals surface area contributed by atoms with E-state index >= 15 is 0 Å². The standard InChI is InChI=1S/C17H18FNO2/c1-11(19)14-7-6-13(8-16(14)18)20-9-12-10-21-17-5-3-2-4-15(12)17/h2-8,11-12H,9-10,19H2,1H3. The summed E-state index contributed by atoms with van der Waals surface area (Å²) in [6.45, 7) is 2.82. The Hall–Kier alpha value is -2.07. The van der Waals surface area contributed by atoms with Gasteiger partial charge in [-0.3, -0.25) is 0 Å². The van der Waals surface area contributed by atoms with E-state index in [9.17, 15) is 4.39 Å². The molecule has 3 rings (SSSR count). The van der Waals surface area contributed by atoms with Gasteiger partial charge in [0.05, 0.1) is 19.1 Å². The highest BCUT2D eigenvalue weighted by Crippen LogP contribution is 2.33. The molecule has 3 nitrogen and oxygen atoms in total. The Kier molecular flexibility index (Phi) is 3.80. The second-order valence-corrected chi connectivity index (χ2v) is 5.33. The molecule has 0 saturated carbocycles. The van der Waals surface area contributed by atoms with Gasteiger partial charge >= 0.3 is 0 Å². The van der Waals surface area contributed by atoms with Crippen molar-refractivity contribution in [3.8, 4) is 11.5 Å². The Morgan fingerprint density at radius 3 is 2.90 bits per heavy atom. The van der Waals surface area contributed by atoms with E-state index in [4.69, 9.17) is 15.2 Å². The van der Waals surface area contributed by atoms with E-state index in [0.717, 1.165) is 11.3 Å². The molecule has 2 aromatic rings. The molecule has 4 heteroatoms. The minimum atomic E-state index is -0.328. The molecule has 0 saturated heterocycles. The summed E-state index contributed by atoms with van der Waals surface area (Å²) in [4.78, 5) is 0. The number of hydrogen-bond donors (Lipinski definition) is 1. The maximum Gasteiger partial charge on any atom is 0.131 e. The van der Waals surface area contributed by atoms with Gasteiger partial charge in [0.25, 0.3) is 0 Å². The summed E-state index contributed by atoms with van der Waals surface area (Å²) in [6.07, 6.45) is 0. The third-order valence-electron chi connectivity index (χ3n) is 3.71. The second-order valence-electron chi connectivity index (χ2n) is 5.33. The first-order valence-corrected chi connectivity index (χ1v) is 7.04. The van der Waals surface area contributed by atoms with Crippen molar-refractivity contribution in [2.24, 2.45) is 5.73 Å². The SMILES string of the molecule is CC(N)c1ccc(OCC2COc3ccccc32)cc1F. The molecule has 2 aromatic carbocycles. The van der Waals surface area contributed by atoms with Gasteiger partial charge in [0, 0.05) is 23.2 Å². The minimum Gasteiger partial charge on any atom is -0.493 e. The van der Waals surface area contributed by atoms with Gasteiger partial charge in [-0.15, -0.1) is 0 Å². The predicted molar refractivity (Wildman–Crippen MR) is 79.2 cm³/mol. The van der Waals surface area contributed by atoms with Crippen LogP contribution in [-0.4, -0.2) is 13.2 Å². The number of fused-ring (bicyclic) bond motifs is 1. The maximum absolute atomic E-state index is 13.9. The molecule has 2 atom stereocenters. The van der Waals surface area contributed by atoms with E-state index < -0.39 is 0 Å². The van der Waals surface area contributed by atoms with E-state index in [2.05, 4.69) is 0 Å². The molecule has 1 heterocycles. The van der Waals surface area contributed by atoms with Crippen molar-refractivity contribution in [3.63, 3.8) is 0 Å². The molecule has 0 spiro atoms. The van der Waals surface area contributed by atoms with Gasteiger partial charge in [-0.05, 0) is 19.1 Å². The molecule has 0 aliphatic carbocycles. The summed E-state index contributed by atoms with van der Waals surface area (Å²) in [5.41, 5.74) is 7.33. The lowest BCUT2D eigenvalue weighted by atomic mass is 10.0. The fraction of sp³-hybridized carbons (Fsp3) is 0.294. The van der Waals surface area contributed by atoms with Gasteiger partial charge < -0.3 is 15.2 Å². The molecule has 1 aliphatic rings. The van der Waals surface area contributed by atoms with Gasteiger partial charge in [-0.25, -0.2) is 4.39 Å². The van der Waals surface area contributed by atoms with Crippen LogP contribution in [-0.2, 0) is 0 Å². The quantitative estimate of drug-likeness (QED) is 0.937. The fourth-order valence-corrected chi connectivity index (χ4v) is 2.53. The van der Waals surface area contributed by atoms with Gasteiger partial charge in [-0.2, -0.15) is 0 Å². The molecule has 110 valence electrons. The van der Waals surface area contributed by atoms with Crippen LogP contribution in [0.5, 0.6) is 11.5 Å². The van der Waals surface area contributed by atoms with Crippen molar-refractivity contribution in [3.05, 3.63) is 59.4 Å². The Morgan fingerprint density at radius 2 is 2.14 bits per heavy atom. The zero-order valence-electron chi connectivity index (χ0n) is 11.9. The Balaban J connectivity index is 1.68. The number of para-hydroxylation sites is 1. The largest absolute Gasteiger partial charge is 0.493 e. The summed E-state index contributed by atoms with van der Waals surface area (Å²) in [6, 6.07) is 12.4. The molecule has 1 aliphatic heterocycles. The van der Waals surface area contributed by atoms with Gasteiger partial charge in [0.2, 0.25) is 0 Å². The fourth-order valence-electron chi connectivity index (χ4n) is 2.53. The summed E-state index contributed by atoms with van der Waals surface area (Å²) in [5.74, 6) is 1.27. The average molecular weight is 287 g/mol. The molecule has 0 bridgehead atoms. The highest BCUT2D eigenvalue weighted by Gasteiger charge is 2.24. The summed E-state index contributed by atoms with van der Waals surface area (Å²) >= 11 is 0. The zero-order chi connectivity index (χ0) is 14.8. The van der Waals surface area contributed by atoms with Crippen LogP contribution in [0.25, 0.3) is 0 Å². The third kappa shape index (κ3) is 2.85. The summed E-state index contributed by atoms with van der Waals surface area (Å²) < 4.78 is 25.2. The smallest absolute Gasteiger partial charge is 0.131 e. The van der Waals surface area contributed by atoms with Crippen LogP contribution in [0.4, 0.5) is 4.39 Å². The molecular weight excluding hydrogens is 269 g/mol. The molecule has 0 radical (unpaired) electrons. The molecule has 2 N–H and O–H groups in total. The predicted octanol–water partition coefficient (Wildman–Crippen LogP) is 3.40. The van der Waals surface area contributed by atoms with Gasteiger partial charge in [-0.1, -0.05) is 24.3 Å². The summed E-state index contributed by atoms with van der Waals surface area (Å²) in [7, 11) is 0. The number of hydrogen-bond acceptors (Lipinski definition) is 3. The second kappa shape index (κ2) is 5.74. The molecule has 2 unspecified atom stereocenters. The lowest BCUT2D eigenvalue weighted by Crippen LogP contribution is -2.12. The number of ether oxygens (including phenoxy) is 2. The molecular formula is C17H18FNO2. The molecule has 21 heavy (non-hydrogen) atoms. The van der Waals surface area contributed by atoms with Crippen molar-refractivity contribution in [1.82, 2.24) is 0 Å². The molecule has 0 fully saturated rings. The summed E-state index contributed by atoms with van der Waals surface area (Å²) in [5, 5.41) is 0. The number of halogens is 1. The highest BCUT2D eigenvalue weighted by atomic mass is 19.1. The Morgan fingerprint density at radius 1 is 1.33 bits per heavy atom. The van der Waals surface area contributed by atoms with Crippen LogP contribution in [0.1, 0.15) is 30.0 Å².